The highest BCUT2D eigenvalue weighted by molar-refractivity contribution is 5.91. The normalized spacial score (nSPS) is 12.5. The van der Waals surface area contributed by atoms with Crippen molar-refractivity contribution < 1.29 is 5.21 Å². The average Bonchev–Trinajstić information content (AvgIpc) is 2.43. The fourth-order valence-corrected chi connectivity index (χ4v) is 1.74. The maximum Gasteiger partial charge on any atom is 0.141 e. The molecule has 98 valence electrons. The molecule has 0 aliphatic heterocycles. The highest BCUT2D eigenvalue weighted by atomic mass is 16.4. The first-order valence-corrected chi connectivity index (χ1v) is 5.81. The lowest BCUT2D eigenvalue weighted by Gasteiger charge is -2.16. The number of benzene rings is 1. The van der Waals surface area contributed by atoms with Gasteiger partial charge in [-0.25, -0.2) is 9.97 Å². The van der Waals surface area contributed by atoms with Gasteiger partial charge in [-0.15, -0.1) is 0 Å². The molecule has 4 N–H and O–H groups in total. The van der Waals surface area contributed by atoms with E-state index < -0.39 is 0 Å². The lowest BCUT2D eigenvalue weighted by atomic mass is 10.1. The molecular formula is C13H15N5O. The van der Waals surface area contributed by atoms with E-state index in [1.54, 1.807) is 0 Å². The molecule has 2 rings (SSSR count). The van der Waals surface area contributed by atoms with Gasteiger partial charge in [0.15, 0.2) is 0 Å². The molecule has 0 fully saturated rings. The fourth-order valence-electron chi connectivity index (χ4n) is 1.74. The number of aromatic nitrogens is 2. The molecule has 0 radical (unpaired) electrons. The number of nitrogens with two attached hydrogens (primary N) is 1. The van der Waals surface area contributed by atoms with Crippen molar-refractivity contribution in [3.05, 3.63) is 47.8 Å². The second kappa shape index (κ2) is 5.81. The molecule has 1 unspecified atom stereocenters. The Bertz CT molecular complexity index is 571. The Morgan fingerprint density at radius 3 is 2.74 bits per heavy atom. The first-order chi connectivity index (χ1) is 9.22. The quantitative estimate of drug-likeness (QED) is 0.442. The molecule has 1 heterocycles. The summed E-state index contributed by atoms with van der Waals surface area (Å²) in [5.74, 6) is 0.789. The van der Waals surface area contributed by atoms with Crippen LogP contribution < -0.4 is 11.1 Å². The van der Waals surface area contributed by atoms with Crippen molar-refractivity contribution in [2.45, 2.75) is 13.0 Å². The van der Waals surface area contributed by atoms with Crippen LogP contribution in [0.1, 0.15) is 24.1 Å². The number of hydrogen-bond acceptors (Lipinski definition) is 6. The van der Waals surface area contributed by atoms with Crippen molar-refractivity contribution in [3.63, 3.8) is 0 Å². The second-order valence-corrected chi connectivity index (χ2v) is 4.04. The Kier molecular flexibility index (Phi) is 3.92. The summed E-state index contributed by atoms with van der Waals surface area (Å²) in [6, 6.07) is 9.98. The number of oxime groups is 1. The molecule has 2 aromatic rings. The standard InChI is InChI=1S/C13H15N5O/c1-9(10-5-3-2-4-6-10)18-13-11(7-17-19)12(14)15-8-16-13/h2-9,19H,1H3,(H3,14,15,16,18)/b17-7-. The maximum absolute atomic E-state index is 8.65. The van der Waals surface area contributed by atoms with Crippen LogP contribution in [0, 0.1) is 0 Å². The van der Waals surface area contributed by atoms with Crippen molar-refractivity contribution in [2.75, 3.05) is 11.1 Å². The molecule has 19 heavy (non-hydrogen) atoms. The highest BCUT2D eigenvalue weighted by Crippen LogP contribution is 2.21. The Hall–Kier alpha value is -2.63. The van der Waals surface area contributed by atoms with E-state index >= 15 is 0 Å². The number of nitrogens with zero attached hydrogens (tertiary/aromatic N) is 3. The summed E-state index contributed by atoms with van der Waals surface area (Å²) in [6.07, 6.45) is 2.58. The van der Waals surface area contributed by atoms with E-state index in [1.165, 1.54) is 12.5 Å². The lowest BCUT2D eigenvalue weighted by molar-refractivity contribution is 0.322. The van der Waals surface area contributed by atoms with E-state index in [4.69, 9.17) is 10.9 Å². The molecule has 1 atom stereocenters. The van der Waals surface area contributed by atoms with E-state index in [1.807, 2.05) is 37.3 Å². The monoisotopic (exact) mass is 257 g/mol. The number of hydrogen-bond donors (Lipinski definition) is 3. The van der Waals surface area contributed by atoms with Crippen LogP contribution in [0.5, 0.6) is 0 Å². The van der Waals surface area contributed by atoms with Crippen LogP contribution in [0.2, 0.25) is 0 Å². The van der Waals surface area contributed by atoms with Crippen molar-refractivity contribution in [1.29, 1.82) is 0 Å². The van der Waals surface area contributed by atoms with E-state index in [0.29, 0.717) is 11.4 Å². The van der Waals surface area contributed by atoms with Crippen molar-refractivity contribution in [1.82, 2.24) is 9.97 Å². The van der Waals surface area contributed by atoms with Crippen molar-refractivity contribution >= 4 is 17.9 Å². The third-order valence-electron chi connectivity index (χ3n) is 2.75. The largest absolute Gasteiger partial charge is 0.411 e. The minimum absolute atomic E-state index is 0.0429. The molecular weight excluding hydrogens is 242 g/mol. The molecule has 0 bridgehead atoms. The van der Waals surface area contributed by atoms with Crippen LogP contribution in [0.15, 0.2) is 41.8 Å². The summed E-state index contributed by atoms with van der Waals surface area (Å²) in [6.45, 7) is 2.01. The van der Waals surface area contributed by atoms with Gasteiger partial charge >= 0.3 is 0 Å². The smallest absolute Gasteiger partial charge is 0.141 e. The van der Waals surface area contributed by atoms with Gasteiger partial charge in [-0.2, -0.15) is 0 Å². The Morgan fingerprint density at radius 1 is 1.32 bits per heavy atom. The predicted molar refractivity (Wildman–Crippen MR) is 74.3 cm³/mol. The van der Waals surface area contributed by atoms with E-state index in [9.17, 15) is 0 Å². The summed E-state index contributed by atoms with van der Waals surface area (Å²) in [7, 11) is 0. The fraction of sp³-hybridized carbons (Fsp3) is 0.154. The van der Waals surface area contributed by atoms with Gasteiger partial charge in [-0.3, -0.25) is 0 Å². The van der Waals surface area contributed by atoms with Crippen molar-refractivity contribution in [2.24, 2.45) is 5.16 Å². The van der Waals surface area contributed by atoms with Gasteiger partial charge in [-0.05, 0) is 12.5 Å². The first-order valence-electron chi connectivity index (χ1n) is 5.81. The Morgan fingerprint density at radius 2 is 2.05 bits per heavy atom. The van der Waals surface area contributed by atoms with E-state index in [-0.39, 0.29) is 11.9 Å². The van der Waals surface area contributed by atoms with Gasteiger partial charge in [0.25, 0.3) is 0 Å². The lowest BCUT2D eigenvalue weighted by Crippen LogP contribution is -2.12. The van der Waals surface area contributed by atoms with Gasteiger partial charge in [0, 0.05) is 6.04 Å². The maximum atomic E-state index is 8.65. The molecule has 0 aliphatic rings. The number of anilines is 2. The molecule has 1 aromatic carbocycles. The van der Waals surface area contributed by atoms with Gasteiger partial charge in [-0.1, -0.05) is 35.5 Å². The van der Waals surface area contributed by atoms with Crippen LogP contribution in [-0.2, 0) is 0 Å². The molecule has 6 heteroatoms. The number of nitrogens with one attached hydrogen (secondary N) is 1. The third-order valence-corrected chi connectivity index (χ3v) is 2.75. The summed E-state index contributed by atoms with van der Waals surface area (Å²) in [5, 5.41) is 14.9. The van der Waals surface area contributed by atoms with E-state index in [0.717, 1.165) is 5.56 Å². The minimum atomic E-state index is 0.0429. The molecule has 0 aliphatic carbocycles. The third kappa shape index (κ3) is 2.98. The molecule has 0 saturated carbocycles. The molecule has 0 amide bonds. The van der Waals surface area contributed by atoms with E-state index in [2.05, 4.69) is 20.4 Å². The SMILES string of the molecule is CC(Nc1ncnc(N)c1/C=N\O)c1ccccc1. The van der Waals surface area contributed by atoms with Gasteiger partial charge in [0.05, 0.1) is 11.8 Å². The van der Waals surface area contributed by atoms with Gasteiger partial charge in [0.2, 0.25) is 0 Å². The number of nitrogen functional groups attached to an aromatic ring is 1. The topological polar surface area (TPSA) is 96.4 Å². The summed E-state index contributed by atoms with van der Waals surface area (Å²) < 4.78 is 0. The molecule has 6 nitrogen and oxygen atoms in total. The van der Waals surface area contributed by atoms with Crippen LogP contribution in [0.4, 0.5) is 11.6 Å². The van der Waals surface area contributed by atoms with Crippen LogP contribution in [-0.4, -0.2) is 21.4 Å². The summed E-state index contributed by atoms with van der Waals surface area (Å²) >= 11 is 0. The Balaban J connectivity index is 2.26. The highest BCUT2D eigenvalue weighted by Gasteiger charge is 2.11. The molecule has 0 spiro atoms. The van der Waals surface area contributed by atoms with Crippen LogP contribution in [0.3, 0.4) is 0 Å². The van der Waals surface area contributed by atoms with Crippen molar-refractivity contribution in [3.8, 4) is 0 Å². The summed E-state index contributed by atoms with van der Waals surface area (Å²) in [4.78, 5) is 7.98. The average molecular weight is 257 g/mol. The van der Waals surface area contributed by atoms with Gasteiger partial charge < -0.3 is 16.3 Å². The van der Waals surface area contributed by atoms with Crippen LogP contribution >= 0.6 is 0 Å². The first kappa shape index (κ1) is 12.8. The molecule has 0 saturated heterocycles. The minimum Gasteiger partial charge on any atom is -0.411 e. The molecule has 1 aromatic heterocycles. The zero-order valence-corrected chi connectivity index (χ0v) is 10.5. The predicted octanol–water partition coefficient (Wildman–Crippen LogP) is 2.04. The zero-order chi connectivity index (χ0) is 13.7. The second-order valence-electron chi connectivity index (χ2n) is 4.04. The Labute approximate surface area is 111 Å². The number of rotatable bonds is 4. The van der Waals surface area contributed by atoms with Crippen LogP contribution in [0.25, 0.3) is 0 Å². The van der Waals surface area contributed by atoms with Gasteiger partial charge in [0.1, 0.15) is 18.0 Å². The zero-order valence-electron chi connectivity index (χ0n) is 10.5. The summed E-state index contributed by atoms with van der Waals surface area (Å²) in [5.41, 5.74) is 7.31.